The molecule has 7 nitrogen and oxygen atoms in total. The molecule has 0 saturated heterocycles. The summed E-state index contributed by atoms with van der Waals surface area (Å²) in [6.45, 7) is 4.20. The summed E-state index contributed by atoms with van der Waals surface area (Å²) < 4.78 is 0. The zero-order chi connectivity index (χ0) is 19.8. The van der Waals surface area contributed by atoms with Crippen LogP contribution in [0, 0.1) is 17.0 Å². The molecule has 0 aromatic heterocycles. The van der Waals surface area contributed by atoms with E-state index in [0.717, 1.165) is 11.6 Å². The first-order valence-corrected chi connectivity index (χ1v) is 8.71. The lowest BCUT2D eigenvalue weighted by molar-refractivity contribution is -0.384. The molecule has 2 aromatic rings. The largest absolute Gasteiger partial charge is 0.375 e. The Morgan fingerprint density at radius 2 is 2.00 bits per heavy atom. The smallest absolute Gasteiger partial charge is 0.270 e. The second kappa shape index (κ2) is 6.92. The van der Waals surface area contributed by atoms with Gasteiger partial charge in [0.25, 0.3) is 11.6 Å². The number of ketones is 1. The Labute approximate surface area is 156 Å². The van der Waals surface area contributed by atoms with Crippen LogP contribution in [0.2, 0.25) is 0 Å². The van der Waals surface area contributed by atoms with E-state index in [4.69, 9.17) is 0 Å². The van der Waals surface area contributed by atoms with Gasteiger partial charge in [-0.15, -0.1) is 0 Å². The van der Waals surface area contributed by atoms with Crippen molar-refractivity contribution >= 4 is 23.1 Å². The molecule has 140 valence electrons. The number of non-ortho nitro benzene ring substituents is 1. The minimum Gasteiger partial charge on any atom is -0.375 e. The van der Waals surface area contributed by atoms with Crippen LogP contribution in [0.1, 0.15) is 41.3 Å². The number of nitro groups is 1. The molecule has 0 saturated carbocycles. The highest BCUT2D eigenvalue weighted by Gasteiger charge is 2.50. The molecule has 1 N–H and O–H groups in total. The Kier molecular flexibility index (Phi) is 4.80. The fraction of sp³-hybridized carbons (Fsp3) is 0.300. The van der Waals surface area contributed by atoms with Crippen LogP contribution < -0.4 is 4.90 Å². The number of nitrogens with zero attached hydrogens (tertiary/aromatic N) is 2. The average molecular weight is 368 g/mol. The Morgan fingerprint density at radius 3 is 2.67 bits per heavy atom. The maximum absolute atomic E-state index is 12.9. The van der Waals surface area contributed by atoms with Crippen molar-refractivity contribution in [1.82, 2.24) is 0 Å². The average Bonchev–Trinajstić information content (AvgIpc) is 2.84. The molecule has 0 bridgehead atoms. The highest BCUT2D eigenvalue weighted by molar-refractivity contribution is 6.10. The summed E-state index contributed by atoms with van der Waals surface area (Å²) in [6.07, 6.45) is 0.234. The summed E-state index contributed by atoms with van der Waals surface area (Å²) in [7, 11) is 0. The van der Waals surface area contributed by atoms with Gasteiger partial charge in [-0.3, -0.25) is 19.7 Å². The molecular formula is C20H20N2O5. The van der Waals surface area contributed by atoms with Gasteiger partial charge in [-0.2, -0.15) is 0 Å². The molecule has 3 rings (SSSR count). The second-order valence-corrected chi connectivity index (χ2v) is 6.75. The fourth-order valence-corrected chi connectivity index (χ4v) is 3.41. The van der Waals surface area contributed by atoms with Gasteiger partial charge < -0.3 is 10.0 Å². The molecule has 1 aliphatic heterocycles. The van der Waals surface area contributed by atoms with Crippen LogP contribution in [-0.2, 0) is 10.4 Å². The Bertz CT molecular complexity index is 940. The number of anilines is 1. The first-order valence-electron chi connectivity index (χ1n) is 8.71. The molecule has 0 spiro atoms. The Hall–Kier alpha value is -3.06. The molecule has 0 aliphatic carbocycles. The molecule has 1 unspecified atom stereocenters. The predicted molar refractivity (Wildman–Crippen MR) is 99.8 cm³/mol. The minimum absolute atomic E-state index is 0.0913. The number of aryl methyl sites for hydroxylation is 1. The first kappa shape index (κ1) is 18.7. The number of hydrogen-bond acceptors (Lipinski definition) is 5. The van der Waals surface area contributed by atoms with Gasteiger partial charge in [0.15, 0.2) is 11.4 Å². The SMILES string of the molecule is CCCN1C(=O)C(O)(CC(=O)c2cccc([N+](=O)[O-])c2)c2cc(C)ccc21. The van der Waals surface area contributed by atoms with Crippen LogP contribution >= 0.6 is 0 Å². The third kappa shape index (κ3) is 3.21. The van der Waals surface area contributed by atoms with E-state index in [1.165, 1.54) is 23.1 Å². The number of Topliss-reactive ketones (excluding diaryl/α,β-unsaturated/α-hetero) is 1. The zero-order valence-corrected chi connectivity index (χ0v) is 15.1. The van der Waals surface area contributed by atoms with E-state index in [0.29, 0.717) is 24.2 Å². The number of carbonyl (C=O) groups excluding carboxylic acids is 2. The normalized spacial score (nSPS) is 18.5. The summed E-state index contributed by atoms with van der Waals surface area (Å²) in [4.78, 5) is 37.5. The van der Waals surface area contributed by atoms with E-state index in [-0.39, 0.29) is 11.3 Å². The summed E-state index contributed by atoms with van der Waals surface area (Å²) >= 11 is 0. The summed E-state index contributed by atoms with van der Waals surface area (Å²) in [5.41, 5.74) is -0.233. The Balaban J connectivity index is 1.99. The van der Waals surface area contributed by atoms with Crippen molar-refractivity contribution in [3.8, 4) is 0 Å². The highest BCUT2D eigenvalue weighted by Crippen LogP contribution is 2.43. The monoisotopic (exact) mass is 368 g/mol. The number of rotatable bonds is 6. The van der Waals surface area contributed by atoms with E-state index < -0.39 is 28.6 Å². The van der Waals surface area contributed by atoms with Gasteiger partial charge in [0.2, 0.25) is 0 Å². The van der Waals surface area contributed by atoms with Crippen LogP contribution in [0.5, 0.6) is 0 Å². The van der Waals surface area contributed by atoms with Crippen molar-refractivity contribution in [2.75, 3.05) is 11.4 Å². The van der Waals surface area contributed by atoms with E-state index in [1.807, 2.05) is 19.9 Å². The standard InChI is InChI=1S/C20H20N2O5/c1-3-9-21-17-8-7-13(2)10-16(17)20(25,19(21)24)12-18(23)14-5-4-6-15(11-14)22(26)27/h4-8,10-11,25H,3,9,12H2,1-2H3. The van der Waals surface area contributed by atoms with Gasteiger partial charge in [0.05, 0.1) is 17.0 Å². The number of aliphatic hydroxyl groups is 1. The number of benzene rings is 2. The van der Waals surface area contributed by atoms with Gasteiger partial charge >= 0.3 is 0 Å². The first-order chi connectivity index (χ1) is 12.8. The maximum atomic E-state index is 12.9. The van der Waals surface area contributed by atoms with Gasteiger partial charge in [-0.05, 0) is 19.4 Å². The molecule has 1 aliphatic rings. The van der Waals surface area contributed by atoms with E-state index in [9.17, 15) is 24.8 Å². The summed E-state index contributed by atoms with van der Waals surface area (Å²) in [6, 6.07) is 10.6. The Morgan fingerprint density at radius 1 is 1.26 bits per heavy atom. The van der Waals surface area contributed by atoms with Crippen LogP contribution in [0.3, 0.4) is 0 Å². The molecule has 1 atom stereocenters. The van der Waals surface area contributed by atoms with Crippen LogP contribution in [0.25, 0.3) is 0 Å². The zero-order valence-electron chi connectivity index (χ0n) is 15.1. The lowest BCUT2D eigenvalue weighted by Crippen LogP contribution is -2.42. The predicted octanol–water partition coefficient (Wildman–Crippen LogP) is 3.12. The van der Waals surface area contributed by atoms with Gasteiger partial charge in [-0.25, -0.2) is 0 Å². The molecular weight excluding hydrogens is 348 g/mol. The third-order valence-electron chi connectivity index (χ3n) is 4.73. The van der Waals surface area contributed by atoms with Crippen LogP contribution in [-0.4, -0.2) is 28.3 Å². The van der Waals surface area contributed by atoms with Crippen molar-refractivity contribution in [3.05, 3.63) is 69.3 Å². The molecule has 1 heterocycles. The molecule has 1 amide bonds. The summed E-state index contributed by atoms with van der Waals surface area (Å²) in [5.74, 6) is -1.07. The number of fused-ring (bicyclic) bond motifs is 1. The fourth-order valence-electron chi connectivity index (χ4n) is 3.41. The van der Waals surface area contributed by atoms with Crippen LogP contribution in [0.15, 0.2) is 42.5 Å². The lowest BCUT2D eigenvalue weighted by Gasteiger charge is -2.22. The third-order valence-corrected chi connectivity index (χ3v) is 4.73. The number of amides is 1. The highest BCUT2D eigenvalue weighted by atomic mass is 16.6. The van der Waals surface area contributed by atoms with Crippen molar-refractivity contribution in [2.24, 2.45) is 0 Å². The van der Waals surface area contributed by atoms with Gasteiger partial charge in [0, 0.05) is 29.8 Å². The number of carbonyl (C=O) groups is 2. The topological polar surface area (TPSA) is 101 Å². The quantitative estimate of drug-likeness (QED) is 0.480. The molecule has 7 heteroatoms. The van der Waals surface area contributed by atoms with Gasteiger partial charge in [-0.1, -0.05) is 36.8 Å². The lowest BCUT2D eigenvalue weighted by atomic mass is 9.87. The number of hydrogen-bond donors (Lipinski definition) is 1. The minimum atomic E-state index is -1.97. The second-order valence-electron chi connectivity index (χ2n) is 6.75. The number of nitro benzene ring substituents is 1. The van der Waals surface area contributed by atoms with E-state index in [1.54, 1.807) is 12.1 Å². The van der Waals surface area contributed by atoms with Crippen molar-refractivity contribution in [1.29, 1.82) is 0 Å². The molecule has 0 radical (unpaired) electrons. The maximum Gasteiger partial charge on any atom is 0.270 e. The molecule has 27 heavy (non-hydrogen) atoms. The van der Waals surface area contributed by atoms with Crippen molar-refractivity contribution in [3.63, 3.8) is 0 Å². The summed E-state index contributed by atoms with van der Waals surface area (Å²) in [5, 5.41) is 22.1. The van der Waals surface area contributed by atoms with Gasteiger partial charge in [0.1, 0.15) is 0 Å². The van der Waals surface area contributed by atoms with E-state index in [2.05, 4.69) is 0 Å². The molecule has 2 aromatic carbocycles. The van der Waals surface area contributed by atoms with Crippen molar-refractivity contribution in [2.45, 2.75) is 32.3 Å². The van der Waals surface area contributed by atoms with E-state index >= 15 is 0 Å². The molecule has 0 fully saturated rings. The van der Waals surface area contributed by atoms with Crippen LogP contribution in [0.4, 0.5) is 11.4 Å². The van der Waals surface area contributed by atoms with Crippen molar-refractivity contribution < 1.29 is 19.6 Å².